The number of alkyl halides is 3. The first-order valence-electron chi connectivity index (χ1n) is 5.53. The van der Waals surface area contributed by atoms with Crippen molar-refractivity contribution in [1.29, 1.82) is 0 Å². The minimum Gasteiger partial charge on any atom is -0.380 e. The molecule has 0 bridgehead atoms. The van der Waals surface area contributed by atoms with Gasteiger partial charge >= 0.3 is 6.18 Å². The monoisotopic (exact) mass is 245 g/mol. The predicted octanol–water partition coefficient (Wildman–Crippen LogP) is 2.67. The summed E-state index contributed by atoms with van der Waals surface area (Å²) in [5.41, 5.74) is 0.243. The molecule has 5 heteroatoms. The lowest BCUT2D eigenvalue weighted by Crippen LogP contribution is -2.40. The Hall–Kier alpha value is -1.07. The summed E-state index contributed by atoms with van der Waals surface area (Å²) in [6.07, 6.45) is -3.66. The van der Waals surface area contributed by atoms with Gasteiger partial charge in [-0.3, -0.25) is 5.32 Å². The fourth-order valence-corrected chi connectivity index (χ4v) is 1.93. The number of ether oxygens (including phenoxy) is 1. The van der Waals surface area contributed by atoms with Crippen LogP contribution in [0.1, 0.15) is 18.0 Å². The van der Waals surface area contributed by atoms with Gasteiger partial charge in [-0.15, -0.1) is 0 Å². The van der Waals surface area contributed by atoms with Gasteiger partial charge < -0.3 is 4.74 Å². The van der Waals surface area contributed by atoms with Crippen LogP contribution in [0.5, 0.6) is 0 Å². The zero-order valence-corrected chi connectivity index (χ0v) is 9.20. The van der Waals surface area contributed by atoms with Crippen molar-refractivity contribution in [3.8, 4) is 0 Å². The van der Waals surface area contributed by atoms with E-state index in [1.165, 1.54) is 12.1 Å². The van der Waals surface area contributed by atoms with E-state index in [2.05, 4.69) is 5.32 Å². The molecule has 94 valence electrons. The highest BCUT2D eigenvalue weighted by Gasteiger charge is 2.42. The van der Waals surface area contributed by atoms with Crippen molar-refractivity contribution in [2.24, 2.45) is 0 Å². The average molecular weight is 245 g/mol. The van der Waals surface area contributed by atoms with Crippen molar-refractivity contribution < 1.29 is 17.9 Å². The van der Waals surface area contributed by atoms with Gasteiger partial charge in [0.2, 0.25) is 0 Å². The fraction of sp³-hybridized carbons (Fsp3) is 0.500. The maximum Gasteiger partial charge on any atom is 0.407 e. The molecule has 1 aromatic rings. The third-order valence-corrected chi connectivity index (χ3v) is 2.79. The molecule has 1 saturated heterocycles. The Balaban J connectivity index is 2.14. The molecule has 2 nitrogen and oxygen atoms in total. The first-order valence-corrected chi connectivity index (χ1v) is 5.53. The van der Waals surface area contributed by atoms with Gasteiger partial charge in [-0.1, -0.05) is 30.3 Å². The van der Waals surface area contributed by atoms with E-state index in [1.54, 1.807) is 18.2 Å². The van der Waals surface area contributed by atoms with Crippen LogP contribution in [0.4, 0.5) is 13.2 Å². The van der Waals surface area contributed by atoms with E-state index >= 15 is 0 Å². The molecule has 17 heavy (non-hydrogen) atoms. The van der Waals surface area contributed by atoms with Crippen LogP contribution >= 0.6 is 0 Å². The number of nitrogens with one attached hydrogen (secondary N) is 1. The maximum absolute atomic E-state index is 13.0. The minimum absolute atomic E-state index is 0.221. The van der Waals surface area contributed by atoms with E-state index in [1.807, 2.05) is 0 Å². The standard InChI is InChI=1S/C12H14F3NO/c13-12(14,15)11(9-4-2-1-3-5-9)16-10-6-7-17-8-10/h1-5,10-11,16H,6-8H2. The topological polar surface area (TPSA) is 21.3 Å². The molecule has 0 aromatic heterocycles. The summed E-state index contributed by atoms with van der Waals surface area (Å²) in [5, 5.41) is 2.62. The van der Waals surface area contributed by atoms with Crippen molar-refractivity contribution in [1.82, 2.24) is 5.32 Å². The Morgan fingerprint density at radius 2 is 1.94 bits per heavy atom. The van der Waals surface area contributed by atoms with Crippen LogP contribution in [0.3, 0.4) is 0 Å². The first-order chi connectivity index (χ1) is 8.07. The molecule has 1 aliphatic heterocycles. The molecular formula is C12H14F3NO. The highest BCUT2D eigenvalue weighted by Crippen LogP contribution is 2.33. The van der Waals surface area contributed by atoms with Crippen LogP contribution in [0.15, 0.2) is 30.3 Å². The zero-order chi connectivity index (χ0) is 12.3. The van der Waals surface area contributed by atoms with Gasteiger partial charge in [0.25, 0.3) is 0 Å². The van der Waals surface area contributed by atoms with Crippen LogP contribution in [0.25, 0.3) is 0 Å². The number of hydrogen-bond acceptors (Lipinski definition) is 2. The molecule has 0 aliphatic carbocycles. The van der Waals surface area contributed by atoms with Crippen LogP contribution in [-0.4, -0.2) is 25.4 Å². The molecule has 2 atom stereocenters. The molecule has 2 rings (SSSR count). The summed E-state index contributed by atoms with van der Waals surface area (Å²) >= 11 is 0. The van der Waals surface area contributed by atoms with E-state index in [0.717, 1.165) is 0 Å². The first kappa shape index (κ1) is 12.4. The van der Waals surface area contributed by atoms with Gasteiger partial charge in [0.1, 0.15) is 6.04 Å². The maximum atomic E-state index is 13.0. The van der Waals surface area contributed by atoms with Crippen molar-refractivity contribution in [2.75, 3.05) is 13.2 Å². The quantitative estimate of drug-likeness (QED) is 0.884. The minimum atomic E-state index is -4.29. The lowest BCUT2D eigenvalue weighted by atomic mass is 10.1. The molecule has 2 unspecified atom stereocenters. The second-order valence-corrected chi connectivity index (χ2v) is 4.11. The largest absolute Gasteiger partial charge is 0.407 e. The summed E-state index contributed by atoms with van der Waals surface area (Å²) in [7, 11) is 0. The van der Waals surface area contributed by atoms with E-state index in [-0.39, 0.29) is 11.6 Å². The number of benzene rings is 1. The van der Waals surface area contributed by atoms with Crippen molar-refractivity contribution in [3.05, 3.63) is 35.9 Å². The SMILES string of the molecule is FC(F)(F)C(NC1CCOC1)c1ccccc1. The van der Waals surface area contributed by atoms with Gasteiger partial charge in [0, 0.05) is 12.6 Å². The Morgan fingerprint density at radius 3 is 2.47 bits per heavy atom. The van der Waals surface area contributed by atoms with E-state index in [4.69, 9.17) is 4.74 Å². The van der Waals surface area contributed by atoms with Crippen LogP contribution < -0.4 is 5.32 Å². The molecular weight excluding hydrogens is 231 g/mol. The van der Waals surface area contributed by atoms with E-state index in [0.29, 0.717) is 19.6 Å². The van der Waals surface area contributed by atoms with Gasteiger partial charge in [0.15, 0.2) is 0 Å². The normalized spacial score (nSPS) is 22.6. The molecule has 1 N–H and O–H groups in total. The predicted molar refractivity (Wildman–Crippen MR) is 57.6 cm³/mol. The summed E-state index contributed by atoms with van der Waals surface area (Å²) in [6.45, 7) is 0.871. The Labute approximate surface area is 97.8 Å². The molecule has 0 saturated carbocycles. The van der Waals surface area contributed by atoms with Gasteiger partial charge in [-0.25, -0.2) is 0 Å². The molecule has 1 heterocycles. The summed E-state index contributed by atoms with van der Waals surface area (Å²) in [4.78, 5) is 0. The highest BCUT2D eigenvalue weighted by atomic mass is 19.4. The smallest absolute Gasteiger partial charge is 0.380 e. The molecule has 0 amide bonds. The highest BCUT2D eigenvalue weighted by molar-refractivity contribution is 5.20. The van der Waals surface area contributed by atoms with Crippen LogP contribution in [0.2, 0.25) is 0 Å². The van der Waals surface area contributed by atoms with Gasteiger partial charge in [-0.05, 0) is 12.0 Å². The Morgan fingerprint density at radius 1 is 1.24 bits per heavy atom. The third-order valence-electron chi connectivity index (χ3n) is 2.79. The van der Waals surface area contributed by atoms with Gasteiger partial charge in [0.05, 0.1) is 6.61 Å². The van der Waals surface area contributed by atoms with Crippen molar-refractivity contribution in [3.63, 3.8) is 0 Å². The summed E-state index contributed by atoms with van der Waals surface area (Å²) in [6, 6.07) is 6.07. The number of halogens is 3. The van der Waals surface area contributed by atoms with Crippen molar-refractivity contribution >= 4 is 0 Å². The summed E-state index contributed by atoms with van der Waals surface area (Å²) < 4.78 is 43.9. The number of hydrogen-bond donors (Lipinski definition) is 1. The lowest BCUT2D eigenvalue weighted by molar-refractivity contribution is -0.159. The van der Waals surface area contributed by atoms with Crippen LogP contribution in [0, 0.1) is 0 Å². The number of rotatable bonds is 3. The molecule has 0 spiro atoms. The Bertz CT molecular complexity index is 347. The van der Waals surface area contributed by atoms with E-state index < -0.39 is 12.2 Å². The molecule has 1 fully saturated rings. The average Bonchev–Trinajstić information content (AvgIpc) is 2.78. The van der Waals surface area contributed by atoms with Gasteiger partial charge in [-0.2, -0.15) is 13.2 Å². The Kier molecular flexibility index (Phi) is 3.69. The third kappa shape index (κ3) is 3.20. The molecule has 1 aromatic carbocycles. The second-order valence-electron chi connectivity index (χ2n) is 4.11. The van der Waals surface area contributed by atoms with E-state index in [9.17, 15) is 13.2 Å². The van der Waals surface area contributed by atoms with Crippen molar-refractivity contribution in [2.45, 2.75) is 24.7 Å². The second kappa shape index (κ2) is 5.06. The lowest BCUT2D eigenvalue weighted by Gasteiger charge is -2.25. The molecule has 1 aliphatic rings. The summed E-state index contributed by atoms with van der Waals surface area (Å²) in [5.74, 6) is 0. The zero-order valence-electron chi connectivity index (χ0n) is 9.20. The fourth-order valence-electron chi connectivity index (χ4n) is 1.93. The van der Waals surface area contributed by atoms with Crippen LogP contribution in [-0.2, 0) is 4.74 Å². The molecule has 0 radical (unpaired) electrons.